The molecule has 1 aliphatic heterocycles. The van der Waals surface area contributed by atoms with E-state index in [1.807, 2.05) is 6.07 Å². The summed E-state index contributed by atoms with van der Waals surface area (Å²) >= 11 is 3.40. The van der Waals surface area contributed by atoms with Crippen LogP contribution in [0.4, 0.5) is 10.5 Å². The molecule has 1 N–H and O–H groups in total. The lowest BCUT2D eigenvalue weighted by Gasteiger charge is -2.36. The molecule has 0 aliphatic carbocycles. The lowest BCUT2D eigenvalue weighted by Crippen LogP contribution is -2.47. The van der Waals surface area contributed by atoms with Crippen LogP contribution in [0.1, 0.15) is 63.5 Å². The fourth-order valence-corrected chi connectivity index (χ4v) is 4.23. The van der Waals surface area contributed by atoms with Crippen molar-refractivity contribution >= 4 is 27.7 Å². The SMILES string of the molecule is CC(C)(C)OC(=O)N1CCCCC(c2cc(C#N)c([N+](=O)[O-])cc2Br)C[C@H]1CO. The molecule has 8 nitrogen and oxygen atoms in total. The molecule has 0 saturated carbocycles. The summed E-state index contributed by atoms with van der Waals surface area (Å²) in [6.07, 6.45) is 2.39. The van der Waals surface area contributed by atoms with Gasteiger partial charge in [0, 0.05) is 17.1 Å². The molecule has 1 aromatic carbocycles. The number of nitriles is 1. The van der Waals surface area contributed by atoms with E-state index in [0.717, 1.165) is 24.8 Å². The van der Waals surface area contributed by atoms with Gasteiger partial charge in [-0.15, -0.1) is 0 Å². The number of nitro groups is 1. The van der Waals surface area contributed by atoms with E-state index >= 15 is 0 Å². The van der Waals surface area contributed by atoms with Gasteiger partial charge in [-0.25, -0.2) is 4.79 Å². The zero-order chi connectivity index (χ0) is 21.8. The minimum Gasteiger partial charge on any atom is -0.444 e. The number of aliphatic hydroxyl groups excluding tert-OH is 1. The van der Waals surface area contributed by atoms with Gasteiger partial charge in [-0.3, -0.25) is 10.1 Å². The zero-order valence-electron chi connectivity index (χ0n) is 16.9. The number of carbonyl (C=O) groups is 1. The van der Waals surface area contributed by atoms with Crippen LogP contribution in [0.15, 0.2) is 16.6 Å². The highest BCUT2D eigenvalue weighted by atomic mass is 79.9. The number of carbonyl (C=O) groups excluding carboxylic acids is 1. The Labute approximate surface area is 178 Å². The van der Waals surface area contributed by atoms with Gasteiger partial charge in [-0.2, -0.15) is 5.26 Å². The van der Waals surface area contributed by atoms with E-state index in [1.54, 1.807) is 31.7 Å². The molecule has 1 amide bonds. The Morgan fingerprint density at radius 3 is 2.69 bits per heavy atom. The average molecular weight is 468 g/mol. The summed E-state index contributed by atoms with van der Waals surface area (Å²) in [5.74, 6) is -0.0698. The maximum Gasteiger partial charge on any atom is 0.410 e. The van der Waals surface area contributed by atoms with E-state index in [1.165, 1.54) is 6.07 Å². The number of hydrogen-bond acceptors (Lipinski definition) is 6. The molecule has 29 heavy (non-hydrogen) atoms. The van der Waals surface area contributed by atoms with Crippen LogP contribution in [0.3, 0.4) is 0 Å². The first-order valence-electron chi connectivity index (χ1n) is 9.55. The highest BCUT2D eigenvalue weighted by Crippen LogP contribution is 2.38. The van der Waals surface area contributed by atoms with E-state index in [2.05, 4.69) is 15.9 Å². The Bertz CT molecular complexity index is 816. The lowest BCUT2D eigenvalue weighted by molar-refractivity contribution is -0.385. The molecule has 1 aliphatic rings. The third kappa shape index (κ3) is 5.90. The minimum absolute atomic E-state index is 0.000179. The molecule has 158 valence electrons. The van der Waals surface area contributed by atoms with E-state index in [0.29, 0.717) is 17.4 Å². The lowest BCUT2D eigenvalue weighted by atomic mass is 9.85. The molecule has 1 aromatic rings. The number of benzene rings is 1. The first kappa shape index (κ1) is 23.1. The van der Waals surface area contributed by atoms with Crippen molar-refractivity contribution in [1.29, 1.82) is 5.26 Å². The Morgan fingerprint density at radius 1 is 1.45 bits per heavy atom. The summed E-state index contributed by atoms with van der Waals surface area (Å²) in [4.78, 5) is 24.8. The van der Waals surface area contributed by atoms with E-state index in [-0.39, 0.29) is 23.8 Å². The van der Waals surface area contributed by atoms with Gasteiger partial charge in [0.2, 0.25) is 0 Å². The fourth-order valence-electron chi connectivity index (χ4n) is 3.58. The smallest absolute Gasteiger partial charge is 0.410 e. The van der Waals surface area contributed by atoms with Crippen molar-refractivity contribution in [1.82, 2.24) is 4.90 Å². The number of aliphatic hydroxyl groups is 1. The Balaban J connectivity index is 2.34. The highest BCUT2D eigenvalue weighted by molar-refractivity contribution is 9.10. The first-order chi connectivity index (χ1) is 13.6. The van der Waals surface area contributed by atoms with Gasteiger partial charge in [0.25, 0.3) is 5.69 Å². The van der Waals surface area contributed by atoms with Crippen molar-refractivity contribution in [3.63, 3.8) is 0 Å². The predicted octanol–water partition coefficient (Wildman–Crippen LogP) is 4.48. The van der Waals surface area contributed by atoms with Crippen LogP contribution in [-0.2, 0) is 4.74 Å². The maximum atomic E-state index is 12.6. The number of rotatable bonds is 3. The number of halogens is 1. The summed E-state index contributed by atoms with van der Waals surface area (Å²) < 4.78 is 6.05. The molecule has 0 bridgehead atoms. The van der Waals surface area contributed by atoms with Gasteiger partial charge in [0.05, 0.1) is 17.6 Å². The molecule has 0 aromatic heterocycles. The van der Waals surface area contributed by atoms with Crippen LogP contribution >= 0.6 is 15.9 Å². The van der Waals surface area contributed by atoms with Crippen molar-refractivity contribution < 1.29 is 19.6 Å². The summed E-state index contributed by atoms with van der Waals surface area (Å²) in [5, 5.41) is 30.5. The minimum atomic E-state index is -0.637. The molecule has 2 atom stereocenters. The summed E-state index contributed by atoms with van der Waals surface area (Å²) in [6.45, 7) is 5.67. The molecule has 0 spiro atoms. The monoisotopic (exact) mass is 467 g/mol. The van der Waals surface area contributed by atoms with E-state index in [9.17, 15) is 25.3 Å². The highest BCUT2D eigenvalue weighted by Gasteiger charge is 2.32. The standard InChI is InChI=1S/C20H26BrN3O5/c1-20(2,3)29-19(26)23-7-5-4-6-13(8-15(23)12-25)16-9-14(11-22)18(24(27)28)10-17(16)21/h9-10,13,15,25H,4-8,12H2,1-3H3/t13?,15-/m0/s1. The van der Waals surface area contributed by atoms with Crippen molar-refractivity contribution in [3.05, 3.63) is 37.8 Å². The topological polar surface area (TPSA) is 117 Å². The number of likely N-dealkylation sites (tertiary alicyclic amines) is 1. The zero-order valence-corrected chi connectivity index (χ0v) is 18.4. The van der Waals surface area contributed by atoms with Crippen molar-refractivity contribution in [2.24, 2.45) is 0 Å². The van der Waals surface area contributed by atoms with Crippen LogP contribution in [0.5, 0.6) is 0 Å². The molecule has 1 saturated heterocycles. The van der Waals surface area contributed by atoms with Crippen LogP contribution in [0.25, 0.3) is 0 Å². The Hall–Kier alpha value is -2.18. The van der Waals surface area contributed by atoms with Gasteiger partial charge in [-0.05, 0) is 57.6 Å². The van der Waals surface area contributed by atoms with Crippen LogP contribution in [-0.4, -0.2) is 45.8 Å². The molecule has 0 radical (unpaired) electrons. The van der Waals surface area contributed by atoms with Gasteiger partial charge in [-0.1, -0.05) is 22.4 Å². The van der Waals surface area contributed by atoms with Crippen LogP contribution in [0.2, 0.25) is 0 Å². The molecule has 1 fully saturated rings. The number of hydrogen-bond donors (Lipinski definition) is 1. The number of nitro benzene ring substituents is 1. The second-order valence-corrected chi connectivity index (χ2v) is 9.05. The fraction of sp³-hybridized carbons (Fsp3) is 0.600. The van der Waals surface area contributed by atoms with Gasteiger partial charge in [0.15, 0.2) is 0 Å². The van der Waals surface area contributed by atoms with Crippen molar-refractivity contribution in [2.75, 3.05) is 13.2 Å². The number of ether oxygens (including phenoxy) is 1. The summed E-state index contributed by atoms with van der Waals surface area (Å²) in [7, 11) is 0. The van der Waals surface area contributed by atoms with E-state index < -0.39 is 22.7 Å². The third-order valence-electron chi connectivity index (χ3n) is 4.91. The Kier molecular flexibility index (Phi) is 7.60. The quantitative estimate of drug-likeness (QED) is 0.516. The van der Waals surface area contributed by atoms with Gasteiger partial charge in [0.1, 0.15) is 17.2 Å². The number of amides is 1. The Morgan fingerprint density at radius 2 is 2.14 bits per heavy atom. The second kappa shape index (κ2) is 9.55. The molecular weight excluding hydrogens is 442 g/mol. The molecule has 9 heteroatoms. The molecule has 1 unspecified atom stereocenters. The van der Waals surface area contributed by atoms with Crippen LogP contribution < -0.4 is 0 Å². The van der Waals surface area contributed by atoms with Gasteiger partial charge < -0.3 is 14.7 Å². The maximum absolute atomic E-state index is 12.6. The normalized spacial score (nSPS) is 20.3. The largest absolute Gasteiger partial charge is 0.444 e. The van der Waals surface area contributed by atoms with Crippen molar-refractivity contribution in [3.8, 4) is 6.07 Å². The number of nitrogens with zero attached hydrogens (tertiary/aromatic N) is 3. The molecule has 2 rings (SSSR count). The van der Waals surface area contributed by atoms with Crippen molar-refractivity contribution in [2.45, 2.75) is 64.0 Å². The van der Waals surface area contributed by atoms with E-state index in [4.69, 9.17) is 4.74 Å². The summed E-state index contributed by atoms with van der Waals surface area (Å²) in [5.41, 5.74) is -0.110. The predicted molar refractivity (Wildman–Crippen MR) is 111 cm³/mol. The van der Waals surface area contributed by atoms with Crippen LogP contribution in [0, 0.1) is 21.4 Å². The average Bonchev–Trinajstić information content (AvgIpc) is 2.60. The molecule has 1 heterocycles. The molecular formula is C20H26BrN3O5. The second-order valence-electron chi connectivity index (χ2n) is 8.20. The first-order valence-corrected chi connectivity index (χ1v) is 10.3. The third-order valence-corrected chi connectivity index (χ3v) is 5.60. The van der Waals surface area contributed by atoms with Gasteiger partial charge >= 0.3 is 6.09 Å². The summed E-state index contributed by atoms with van der Waals surface area (Å²) in [6, 6.07) is 4.35.